The summed E-state index contributed by atoms with van der Waals surface area (Å²) >= 11 is 3.42. The van der Waals surface area contributed by atoms with Crippen molar-refractivity contribution in [3.05, 3.63) is 22.2 Å². The van der Waals surface area contributed by atoms with Crippen molar-refractivity contribution in [2.75, 3.05) is 14.2 Å². The van der Waals surface area contributed by atoms with Gasteiger partial charge in [-0.1, -0.05) is 0 Å². The number of amides is 1. The summed E-state index contributed by atoms with van der Waals surface area (Å²) in [6, 6.07) is 3.72. The van der Waals surface area contributed by atoms with Gasteiger partial charge in [0, 0.05) is 6.54 Å². The lowest BCUT2D eigenvalue weighted by molar-refractivity contribution is -0.123. The van der Waals surface area contributed by atoms with E-state index in [1.165, 1.54) is 0 Å². The summed E-state index contributed by atoms with van der Waals surface area (Å²) in [5.41, 5.74) is 6.09. The van der Waals surface area contributed by atoms with Crippen molar-refractivity contribution < 1.29 is 14.3 Å². The molecule has 5 nitrogen and oxygen atoms in total. The predicted octanol–water partition coefficient (Wildman–Crippen LogP) is 1.57. The summed E-state index contributed by atoms with van der Waals surface area (Å²) in [6.45, 7) is 0.413. The summed E-state index contributed by atoms with van der Waals surface area (Å²) < 4.78 is 11.3. The maximum absolute atomic E-state index is 11.8. The van der Waals surface area contributed by atoms with E-state index in [0.29, 0.717) is 18.0 Å². The van der Waals surface area contributed by atoms with Gasteiger partial charge in [0.25, 0.3) is 0 Å². The number of carbonyl (C=O) groups excluding carboxylic acids is 1. The topological polar surface area (TPSA) is 73.6 Å². The minimum atomic E-state index is -0.645. The molecule has 0 saturated heterocycles. The van der Waals surface area contributed by atoms with Crippen LogP contribution < -0.4 is 20.5 Å². The zero-order chi connectivity index (χ0) is 14.0. The second-order valence-corrected chi connectivity index (χ2v) is 5.51. The number of hydrogen-bond donors (Lipinski definition) is 2. The van der Waals surface area contributed by atoms with E-state index in [-0.39, 0.29) is 5.91 Å². The largest absolute Gasteiger partial charge is 0.493 e. The first-order valence-electron chi connectivity index (χ1n) is 5.98. The Balaban J connectivity index is 2.08. The molecule has 0 aromatic heterocycles. The highest BCUT2D eigenvalue weighted by Crippen LogP contribution is 2.36. The van der Waals surface area contributed by atoms with Crippen LogP contribution in [0.25, 0.3) is 0 Å². The normalized spacial score (nSPS) is 15.8. The first-order chi connectivity index (χ1) is 9.00. The van der Waals surface area contributed by atoms with Gasteiger partial charge in [0.15, 0.2) is 11.5 Å². The third-order valence-corrected chi connectivity index (χ3v) is 3.78. The summed E-state index contributed by atoms with van der Waals surface area (Å²) in [5, 5.41) is 2.84. The fourth-order valence-electron chi connectivity index (χ4n) is 1.79. The molecule has 1 saturated carbocycles. The van der Waals surface area contributed by atoms with Crippen molar-refractivity contribution in [3.63, 3.8) is 0 Å². The van der Waals surface area contributed by atoms with E-state index >= 15 is 0 Å². The fraction of sp³-hybridized carbons (Fsp3) is 0.462. The third-order valence-electron chi connectivity index (χ3n) is 3.19. The van der Waals surface area contributed by atoms with Crippen LogP contribution in [0, 0.1) is 0 Å². The molecule has 0 radical (unpaired) electrons. The van der Waals surface area contributed by atoms with Crippen LogP contribution in [0.15, 0.2) is 16.6 Å². The van der Waals surface area contributed by atoms with Crippen LogP contribution >= 0.6 is 15.9 Å². The van der Waals surface area contributed by atoms with Crippen molar-refractivity contribution in [1.82, 2.24) is 5.32 Å². The molecule has 1 fully saturated rings. The number of rotatable bonds is 5. The summed E-state index contributed by atoms with van der Waals surface area (Å²) in [5.74, 6) is 1.16. The highest BCUT2D eigenvalue weighted by atomic mass is 79.9. The van der Waals surface area contributed by atoms with Gasteiger partial charge >= 0.3 is 0 Å². The highest BCUT2D eigenvalue weighted by molar-refractivity contribution is 9.10. The molecule has 1 amide bonds. The molecule has 0 atom stereocenters. The molecular weight excluding hydrogens is 312 g/mol. The minimum absolute atomic E-state index is 0.0987. The SMILES string of the molecule is COc1cc(CNC(=O)C2(N)CC2)cc(Br)c1OC. The van der Waals surface area contributed by atoms with Gasteiger partial charge < -0.3 is 20.5 Å². The number of carbonyl (C=O) groups is 1. The molecule has 3 N–H and O–H groups in total. The van der Waals surface area contributed by atoms with E-state index in [0.717, 1.165) is 22.9 Å². The Morgan fingerprint density at radius 3 is 2.63 bits per heavy atom. The second-order valence-electron chi connectivity index (χ2n) is 4.65. The van der Waals surface area contributed by atoms with Crippen LogP contribution in [0.3, 0.4) is 0 Å². The van der Waals surface area contributed by atoms with E-state index in [9.17, 15) is 4.79 Å². The Morgan fingerprint density at radius 2 is 2.11 bits per heavy atom. The van der Waals surface area contributed by atoms with Crippen LogP contribution in [0.1, 0.15) is 18.4 Å². The molecule has 0 unspecified atom stereocenters. The molecule has 104 valence electrons. The van der Waals surface area contributed by atoms with Gasteiger partial charge in [0.05, 0.1) is 24.2 Å². The van der Waals surface area contributed by atoms with Crippen molar-refractivity contribution in [1.29, 1.82) is 0 Å². The van der Waals surface area contributed by atoms with Crippen molar-refractivity contribution >= 4 is 21.8 Å². The lowest BCUT2D eigenvalue weighted by Crippen LogP contribution is -2.42. The number of benzene rings is 1. The molecule has 0 spiro atoms. The minimum Gasteiger partial charge on any atom is -0.493 e. The van der Waals surface area contributed by atoms with Gasteiger partial charge in [-0.05, 0) is 46.5 Å². The molecule has 6 heteroatoms. The summed E-state index contributed by atoms with van der Waals surface area (Å²) in [7, 11) is 3.15. The Labute approximate surface area is 120 Å². The van der Waals surface area contributed by atoms with Crippen molar-refractivity contribution in [2.45, 2.75) is 24.9 Å². The monoisotopic (exact) mass is 328 g/mol. The number of ether oxygens (including phenoxy) is 2. The van der Waals surface area contributed by atoms with E-state index in [1.54, 1.807) is 14.2 Å². The highest BCUT2D eigenvalue weighted by Gasteiger charge is 2.45. The zero-order valence-corrected chi connectivity index (χ0v) is 12.5. The van der Waals surface area contributed by atoms with Gasteiger partial charge in [-0.25, -0.2) is 0 Å². The van der Waals surface area contributed by atoms with E-state index in [2.05, 4.69) is 21.2 Å². The number of hydrogen-bond acceptors (Lipinski definition) is 4. The molecular formula is C13H17BrN2O3. The maximum atomic E-state index is 11.8. The molecule has 1 aromatic rings. The van der Waals surface area contributed by atoms with E-state index in [4.69, 9.17) is 15.2 Å². The quantitative estimate of drug-likeness (QED) is 0.860. The van der Waals surface area contributed by atoms with Crippen LogP contribution in [0.5, 0.6) is 11.5 Å². The second kappa shape index (κ2) is 5.38. The van der Waals surface area contributed by atoms with Gasteiger partial charge in [0.2, 0.25) is 5.91 Å². The molecule has 1 aromatic carbocycles. The Hall–Kier alpha value is -1.27. The average molecular weight is 329 g/mol. The lowest BCUT2D eigenvalue weighted by Gasteiger charge is -2.14. The summed E-state index contributed by atoms with van der Waals surface area (Å²) in [6.07, 6.45) is 1.52. The third kappa shape index (κ3) is 3.01. The molecule has 0 heterocycles. The smallest absolute Gasteiger partial charge is 0.240 e. The van der Waals surface area contributed by atoms with Crippen LogP contribution in [-0.2, 0) is 11.3 Å². The van der Waals surface area contributed by atoms with E-state index < -0.39 is 5.54 Å². The maximum Gasteiger partial charge on any atom is 0.240 e. The first kappa shape index (κ1) is 14.1. The Kier molecular flexibility index (Phi) is 4.01. The number of nitrogens with one attached hydrogen (secondary N) is 1. The van der Waals surface area contributed by atoms with Crippen molar-refractivity contribution in [3.8, 4) is 11.5 Å². The molecule has 0 aliphatic heterocycles. The number of nitrogens with two attached hydrogens (primary N) is 1. The van der Waals surface area contributed by atoms with Gasteiger partial charge in [0.1, 0.15) is 0 Å². The van der Waals surface area contributed by atoms with Gasteiger partial charge in [-0.15, -0.1) is 0 Å². The predicted molar refractivity (Wildman–Crippen MR) is 75.2 cm³/mol. The molecule has 0 bridgehead atoms. The first-order valence-corrected chi connectivity index (χ1v) is 6.77. The van der Waals surface area contributed by atoms with Crippen molar-refractivity contribution in [2.24, 2.45) is 5.73 Å². The number of halogens is 1. The average Bonchev–Trinajstić information content (AvgIpc) is 3.14. The van der Waals surface area contributed by atoms with Gasteiger partial charge in [-0.2, -0.15) is 0 Å². The standard InChI is InChI=1S/C13H17BrN2O3/c1-18-10-6-8(5-9(14)11(10)19-2)7-16-12(17)13(15)3-4-13/h5-6H,3-4,7,15H2,1-2H3,(H,16,17). The van der Waals surface area contributed by atoms with Crippen LogP contribution in [0.2, 0.25) is 0 Å². The van der Waals surface area contributed by atoms with Crippen LogP contribution in [0.4, 0.5) is 0 Å². The Bertz CT molecular complexity index is 501. The fourth-order valence-corrected chi connectivity index (χ4v) is 2.44. The van der Waals surface area contributed by atoms with E-state index in [1.807, 2.05) is 12.1 Å². The molecule has 1 aliphatic rings. The van der Waals surface area contributed by atoms with Crippen LogP contribution in [-0.4, -0.2) is 25.7 Å². The lowest BCUT2D eigenvalue weighted by atomic mass is 10.2. The summed E-state index contributed by atoms with van der Waals surface area (Å²) in [4.78, 5) is 11.8. The Morgan fingerprint density at radius 1 is 1.42 bits per heavy atom. The molecule has 1 aliphatic carbocycles. The van der Waals surface area contributed by atoms with Gasteiger partial charge in [-0.3, -0.25) is 4.79 Å². The zero-order valence-electron chi connectivity index (χ0n) is 11.0. The molecule has 19 heavy (non-hydrogen) atoms. The molecule has 2 rings (SSSR count). The number of methoxy groups -OCH3 is 2.